The van der Waals surface area contributed by atoms with E-state index in [1.807, 2.05) is 0 Å². The molecule has 0 unspecified atom stereocenters. The standard InChI is InChI=1S/C17H12BrFN2O3/c18-12-4-5-15-20-14(8-16(22)21(15)9-12)10-24-17(23)7-11-2-1-3-13(19)6-11/h1-6,8-9H,7,10H2. The molecular weight excluding hydrogens is 379 g/mol. The average Bonchev–Trinajstić information content (AvgIpc) is 2.54. The number of halogens is 2. The fourth-order valence-corrected chi connectivity index (χ4v) is 2.56. The molecule has 0 aliphatic carbocycles. The Morgan fingerprint density at radius 2 is 2.08 bits per heavy atom. The fourth-order valence-electron chi connectivity index (χ4n) is 2.22. The van der Waals surface area contributed by atoms with E-state index < -0.39 is 11.8 Å². The lowest BCUT2D eigenvalue weighted by Gasteiger charge is -2.06. The number of pyridine rings is 1. The molecule has 5 nitrogen and oxygen atoms in total. The largest absolute Gasteiger partial charge is 0.459 e. The molecule has 7 heteroatoms. The maximum atomic E-state index is 13.1. The van der Waals surface area contributed by atoms with Gasteiger partial charge in [-0.15, -0.1) is 0 Å². The highest BCUT2D eigenvalue weighted by atomic mass is 79.9. The molecule has 3 rings (SSSR count). The molecule has 0 spiro atoms. The zero-order chi connectivity index (χ0) is 17.1. The number of benzene rings is 1. The van der Waals surface area contributed by atoms with Crippen molar-refractivity contribution in [2.24, 2.45) is 0 Å². The van der Waals surface area contributed by atoms with Crippen molar-refractivity contribution >= 4 is 27.5 Å². The highest BCUT2D eigenvalue weighted by Crippen LogP contribution is 2.10. The van der Waals surface area contributed by atoms with E-state index in [1.54, 1.807) is 24.4 Å². The summed E-state index contributed by atoms with van der Waals surface area (Å²) >= 11 is 3.29. The van der Waals surface area contributed by atoms with Gasteiger partial charge in [0.1, 0.15) is 18.1 Å². The van der Waals surface area contributed by atoms with Crippen LogP contribution in [0.25, 0.3) is 5.65 Å². The number of fused-ring (bicyclic) bond motifs is 1. The Morgan fingerprint density at radius 3 is 2.88 bits per heavy atom. The highest BCUT2D eigenvalue weighted by molar-refractivity contribution is 9.10. The van der Waals surface area contributed by atoms with Gasteiger partial charge in [-0.25, -0.2) is 9.37 Å². The second-order valence-electron chi connectivity index (χ2n) is 5.13. The summed E-state index contributed by atoms with van der Waals surface area (Å²) in [5, 5.41) is 0. The van der Waals surface area contributed by atoms with Crippen LogP contribution in [-0.4, -0.2) is 15.4 Å². The Kier molecular flexibility index (Phi) is 4.71. The molecule has 0 N–H and O–H groups in total. The molecule has 0 aliphatic rings. The Morgan fingerprint density at radius 1 is 1.25 bits per heavy atom. The van der Waals surface area contributed by atoms with E-state index in [4.69, 9.17) is 4.74 Å². The van der Waals surface area contributed by atoms with Crippen LogP contribution in [0.1, 0.15) is 11.3 Å². The summed E-state index contributed by atoms with van der Waals surface area (Å²) in [6.07, 6.45) is 1.57. The molecule has 0 saturated heterocycles. The lowest BCUT2D eigenvalue weighted by atomic mass is 10.1. The highest BCUT2D eigenvalue weighted by Gasteiger charge is 2.08. The Labute approximate surface area is 144 Å². The lowest BCUT2D eigenvalue weighted by molar-refractivity contribution is -0.144. The number of esters is 1. The van der Waals surface area contributed by atoms with E-state index in [9.17, 15) is 14.0 Å². The number of hydrogen-bond acceptors (Lipinski definition) is 4. The van der Waals surface area contributed by atoms with Gasteiger partial charge in [0.2, 0.25) is 0 Å². The van der Waals surface area contributed by atoms with Crippen molar-refractivity contribution in [3.05, 3.63) is 80.6 Å². The lowest BCUT2D eigenvalue weighted by Crippen LogP contribution is -2.17. The van der Waals surface area contributed by atoms with E-state index in [-0.39, 0.29) is 18.6 Å². The third kappa shape index (κ3) is 3.86. The van der Waals surface area contributed by atoms with Crippen LogP contribution in [0.15, 0.2) is 57.9 Å². The van der Waals surface area contributed by atoms with Crippen LogP contribution in [0, 0.1) is 5.82 Å². The number of rotatable bonds is 4. The number of hydrogen-bond donors (Lipinski definition) is 0. The molecule has 0 atom stereocenters. The van der Waals surface area contributed by atoms with E-state index in [1.165, 1.54) is 28.7 Å². The maximum Gasteiger partial charge on any atom is 0.310 e. The number of carbonyl (C=O) groups excluding carboxylic acids is 1. The summed E-state index contributed by atoms with van der Waals surface area (Å²) < 4.78 is 20.4. The molecule has 0 bridgehead atoms. The van der Waals surface area contributed by atoms with Gasteiger partial charge in [-0.1, -0.05) is 12.1 Å². The zero-order valence-electron chi connectivity index (χ0n) is 12.4. The normalized spacial score (nSPS) is 10.8. The number of carbonyl (C=O) groups is 1. The fraction of sp³-hybridized carbons (Fsp3) is 0.118. The molecule has 0 amide bonds. The van der Waals surface area contributed by atoms with Gasteiger partial charge in [-0.2, -0.15) is 0 Å². The van der Waals surface area contributed by atoms with Crippen LogP contribution >= 0.6 is 15.9 Å². The predicted molar refractivity (Wildman–Crippen MR) is 89.1 cm³/mol. The second kappa shape index (κ2) is 6.92. The predicted octanol–water partition coefficient (Wildman–Crippen LogP) is 2.88. The summed E-state index contributed by atoms with van der Waals surface area (Å²) in [4.78, 5) is 28.1. The third-order valence-electron chi connectivity index (χ3n) is 3.30. The van der Waals surface area contributed by atoms with Gasteiger partial charge in [0.05, 0.1) is 12.1 Å². The summed E-state index contributed by atoms with van der Waals surface area (Å²) in [5.74, 6) is -0.922. The van der Waals surface area contributed by atoms with Crippen molar-refractivity contribution in [3.63, 3.8) is 0 Å². The minimum Gasteiger partial charge on any atom is -0.459 e. The summed E-state index contributed by atoms with van der Waals surface area (Å²) in [6.45, 7) is -0.115. The van der Waals surface area contributed by atoms with Crippen molar-refractivity contribution in [2.75, 3.05) is 0 Å². The molecule has 2 aromatic heterocycles. The van der Waals surface area contributed by atoms with Crippen LogP contribution < -0.4 is 5.56 Å². The van der Waals surface area contributed by atoms with Crippen LogP contribution in [0.4, 0.5) is 4.39 Å². The van der Waals surface area contributed by atoms with Crippen molar-refractivity contribution in [2.45, 2.75) is 13.0 Å². The summed E-state index contributed by atoms with van der Waals surface area (Å²) in [6, 6.07) is 10.5. The second-order valence-corrected chi connectivity index (χ2v) is 6.04. The van der Waals surface area contributed by atoms with Gasteiger partial charge in [-0.05, 0) is 45.8 Å². The van der Waals surface area contributed by atoms with Crippen molar-refractivity contribution in [3.8, 4) is 0 Å². The zero-order valence-corrected chi connectivity index (χ0v) is 14.0. The topological polar surface area (TPSA) is 60.7 Å². The van der Waals surface area contributed by atoms with Gasteiger partial charge in [0, 0.05) is 16.7 Å². The Hall–Kier alpha value is -2.54. The van der Waals surface area contributed by atoms with Gasteiger partial charge in [-0.3, -0.25) is 14.0 Å². The van der Waals surface area contributed by atoms with Crippen molar-refractivity contribution in [1.82, 2.24) is 9.38 Å². The average molecular weight is 391 g/mol. The minimum absolute atomic E-state index is 0.0444. The molecule has 122 valence electrons. The Balaban J connectivity index is 1.70. The van der Waals surface area contributed by atoms with Crippen molar-refractivity contribution in [1.29, 1.82) is 0 Å². The SMILES string of the molecule is O=C(Cc1cccc(F)c1)OCc1cc(=O)n2cc(Br)ccc2n1. The van der Waals surface area contributed by atoms with Crippen LogP contribution in [-0.2, 0) is 22.6 Å². The number of aromatic nitrogens is 2. The van der Waals surface area contributed by atoms with Gasteiger partial charge in [0.25, 0.3) is 5.56 Å². The summed E-state index contributed by atoms with van der Waals surface area (Å²) in [5.41, 5.74) is 1.07. The van der Waals surface area contributed by atoms with Gasteiger partial charge >= 0.3 is 5.97 Å². The first-order valence-electron chi connectivity index (χ1n) is 7.09. The molecular formula is C17H12BrFN2O3. The van der Waals surface area contributed by atoms with E-state index >= 15 is 0 Å². The van der Waals surface area contributed by atoms with E-state index in [0.29, 0.717) is 16.9 Å². The summed E-state index contributed by atoms with van der Waals surface area (Å²) in [7, 11) is 0. The number of nitrogens with zero attached hydrogens (tertiary/aromatic N) is 2. The molecule has 1 aromatic carbocycles. The number of ether oxygens (including phenoxy) is 1. The quantitative estimate of drug-likeness (QED) is 0.642. The van der Waals surface area contributed by atoms with E-state index in [2.05, 4.69) is 20.9 Å². The Bertz CT molecular complexity index is 971. The van der Waals surface area contributed by atoms with Gasteiger partial charge < -0.3 is 4.74 Å². The molecule has 0 fully saturated rings. The first-order chi connectivity index (χ1) is 11.5. The third-order valence-corrected chi connectivity index (χ3v) is 3.76. The van der Waals surface area contributed by atoms with E-state index in [0.717, 1.165) is 4.47 Å². The van der Waals surface area contributed by atoms with Crippen LogP contribution in [0.2, 0.25) is 0 Å². The molecule has 0 aliphatic heterocycles. The van der Waals surface area contributed by atoms with Crippen LogP contribution in [0.5, 0.6) is 0 Å². The first kappa shape index (κ1) is 16.3. The first-order valence-corrected chi connectivity index (χ1v) is 7.88. The maximum absolute atomic E-state index is 13.1. The molecule has 0 radical (unpaired) electrons. The van der Waals surface area contributed by atoms with Crippen molar-refractivity contribution < 1.29 is 13.9 Å². The molecule has 24 heavy (non-hydrogen) atoms. The monoisotopic (exact) mass is 390 g/mol. The molecule has 0 saturated carbocycles. The minimum atomic E-state index is -0.515. The van der Waals surface area contributed by atoms with Crippen LogP contribution in [0.3, 0.4) is 0 Å². The molecule has 3 aromatic rings. The molecule has 2 heterocycles. The van der Waals surface area contributed by atoms with Gasteiger partial charge in [0.15, 0.2) is 0 Å². The smallest absolute Gasteiger partial charge is 0.310 e.